The normalized spacial score (nSPS) is 23.1. The largest absolute Gasteiger partial charge is 0.495 e. The van der Waals surface area contributed by atoms with Crippen LogP contribution in [0, 0.1) is 6.92 Å². The fourth-order valence-electron chi connectivity index (χ4n) is 2.61. The zero-order valence-electron chi connectivity index (χ0n) is 13.3. The van der Waals surface area contributed by atoms with Crippen LogP contribution in [0.4, 0.5) is 5.69 Å². The van der Waals surface area contributed by atoms with Crippen molar-refractivity contribution in [2.75, 3.05) is 10.8 Å². The van der Waals surface area contributed by atoms with E-state index in [9.17, 15) is 0 Å². The lowest BCUT2D eigenvalue weighted by Crippen LogP contribution is -2.41. The fourth-order valence-corrected chi connectivity index (χ4v) is 3.31. The molecule has 0 unspecified atom stereocenters. The van der Waals surface area contributed by atoms with Crippen LogP contribution in [0.5, 0.6) is 0 Å². The number of benzene rings is 1. The van der Waals surface area contributed by atoms with Crippen molar-refractivity contribution in [2.45, 2.75) is 45.8 Å². The Bertz CT molecular complexity index is 570. The van der Waals surface area contributed by atoms with Gasteiger partial charge in [-0.2, -0.15) is 0 Å². The monoisotopic (exact) mass is 303 g/mol. The molecule has 21 heavy (non-hydrogen) atoms. The topological polar surface area (TPSA) is 21.7 Å². The Morgan fingerprint density at radius 3 is 2.38 bits per heavy atom. The van der Waals surface area contributed by atoms with Crippen LogP contribution >= 0.6 is 11.8 Å². The van der Waals surface area contributed by atoms with E-state index < -0.39 is 0 Å². The first-order chi connectivity index (χ1) is 9.82. The van der Waals surface area contributed by atoms with Gasteiger partial charge in [-0.3, -0.25) is 0 Å². The molecule has 5 heteroatoms. The molecule has 1 fully saturated rings. The highest BCUT2D eigenvalue weighted by Gasteiger charge is 2.52. The van der Waals surface area contributed by atoms with Crippen molar-refractivity contribution in [3.63, 3.8) is 0 Å². The lowest BCUT2D eigenvalue weighted by molar-refractivity contribution is 0.00578. The summed E-state index contributed by atoms with van der Waals surface area (Å²) >= 11 is 1.81. The predicted molar refractivity (Wildman–Crippen MR) is 91.0 cm³/mol. The van der Waals surface area contributed by atoms with Gasteiger partial charge < -0.3 is 14.2 Å². The molecule has 0 atom stereocenters. The Labute approximate surface area is 131 Å². The first kappa shape index (κ1) is 15.0. The van der Waals surface area contributed by atoms with E-state index in [0.29, 0.717) is 0 Å². The van der Waals surface area contributed by atoms with Crippen molar-refractivity contribution < 1.29 is 9.31 Å². The number of anilines is 1. The molecule has 0 aromatic heterocycles. The van der Waals surface area contributed by atoms with Gasteiger partial charge in [0.2, 0.25) is 0 Å². The minimum absolute atomic E-state index is 0.297. The summed E-state index contributed by atoms with van der Waals surface area (Å²) in [6.45, 7) is 10.5. The van der Waals surface area contributed by atoms with E-state index in [2.05, 4.69) is 69.3 Å². The molecule has 3 rings (SSSR count). The fraction of sp³-hybridized carbons (Fsp3) is 0.500. The van der Waals surface area contributed by atoms with Crippen LogP contribution in [0.3, 0.4) is 0 Å². The van der Waals surface area contributed by atoms with Gasteiger partial charge in [0.15, 0.2) is 0 Å². The molecule has 112 valence electrons. The van der Waals surface area contributed by atoms with Crippen molar-refractivity contribution >= 4 is 30.0 Å². The van der Waals surface area contributed by atoms with Crippen LogP contribution in [0.2, 0.25) is 0 Å². The molecule has 0 saturated carbocycles. The molecular weight excluding hydrogens is 281 g/mol. The Kier molecular flexibility index (Phi) is 3.63. The highest BCUT2D eigenvalue weighted by Crippen LogP contribution is 2.37. The summed E-state index contributed by atoms with van der Waals surface area (Å²) in [7, 11) is -0.297. The molecule has 0 spiro atoms. The maximum atomic E-state index is 6.18. The third-order valence-corrected chi connectivity index (χ3v) is 5.46. The summed E-state index contributed by atoms with van der Waals surface area (Å²) in [5.41, 5.74) is 2.97. The van der Waals surface area contributed by atoms with Gasteiger partial charge in [-0.25, -0.2) is 0 Å². The summed E-state index contributed by atoms with van der Waals surface area (Å²) < 4.78 is 12.4. The van der Waals surface area contributed by atoms with Crippen LogP contribution in [0.1, 0.15) is 33.3 Å². The van der Waals surface area contributed by atoms with Gasteiger partial charge in [-0.05, 0) is 57.1 Å². The maximum absolute atomic E-state index is 6.18. The van der Waals surface area contributed by atoms with Crippen LogP contribution in [-0.2, 0) is 9.31 Å². The van der Waals surface area contributed by atoms with Crippen molar-refractivity contribution in [3.05, 3.63) is 35.4 Å². The first-order valence-corrected chi connectivity index (χ1v) is 8.37. The minimum atomic E-state index is -0.302. The van der Waals surface area contributed by atoms with Gasteiger partial charge >= 0.3 is 7.12 Å². The standard InChI is InChI=1S/C16H22BNO2S/c1-12-13(17-19-15(2,3)16(4,5)20-17)7-6-8-14(12)18-9-10-21-11-18/h6-10H,11H2,1-5H3. The summed E-state index contributed by atoms with van der Waals surface area (Å²) in [6, 6.07) is 6.34. The lowest BCUT2D eigenvalue weighted by atomic mass is 9.75. The maximum Gasteiger partial charge on any atom is 0.495 e. The molecular formula is C16H22BNO2S. The molecule has 1 saturated heterocycles. The Morgan fingerprint density at radius 1 is 1.14 bits per heavy atom. The number of nitrogens with zero attached hydrogens (tertiary/aromatic N) is 1. The van der Waals surface area contributed by atoms with Gasteiger partial charge in [-0.1, -0.05) is 12.1 Å². The highest BCUT2D eigenvalue weighted by molar-refractivity contribution is 8.02. The van der Waals surface area contributed by atoms with Crippen LogP contribution in [0.15, 0.2) is 29.8 Å². The third kappa shape index (κ3) is 2.52. The third-order valence-electron chi connectivity index (χ3n) is 4.71. The van der Waals surface area contributed by atoms with E-state index in [1.807, 2.05) is 0 Å². The molecule has 1 aromatic carbocycles. The SMILES string of the molecule is Cc1c(B2OC(C)(C)C(C)(C)O2)cccc1N1C=CSC1. The van der Waals surface area contributed by atoms with Crippen molar-refractivity contribution in [1.29, 1.82) is 0 Å². The quantitative estimate of drug-likeness (QED) is 0.782. The van der Waals surface area contributed by atoms with Crippen molar-refractivity contribution in [1.82, 2.24) is 0 Å². The summed E-state index contributed by atoms with van der Waals surface area (Å²) in [5.74, 6) is 0.966. The molecule has 3 nitrogen and oxygen atoms in total. The number of thioether (sulfide) groups is 1. The summed E-state index contributed by atoms with van der Waals surface area (Å²) in [4.78, 5) is 2.26. The van der Waals surface area contributed by atoms with E-state index >= 15 is 0 Å². The van der Waals surface area contributed by atoms with Gasteiger partial charge in [-0.15, -0.1) is 11.8 Å². The Hall–Kier alpha value is -0.905. The van der Waals surface area contributed by atoms with Crippen molar-refractivity contribution in [2.24, 2.45) is 0 Å². The number of hydrogen-bond donors (Lipinski definition) is 0. The van der Waals surface area contributed by atoms with E-state index in [1.165, 1.54) is 11.3 Å². The van der Waals surface area contributed by atoms with Gasteiger partial charge in [0, 0.05) is 11.9 Å². The van der Waals surface area contributed by atoms with E-state index in [4.69, 9.17) is 9.31 Å². The van der Waals surface area contributed by atoms with E-state index in [-0.39, 0.29) is 18.3 Å². The molecule has 1 aromatic rings. The van der Waals surface area contributed by atoms with Crippen LogP contribution < -0.4 is 10.4 Å². The Morgan fingerprint density at radius 2 is 1.81 bits per heavy atom. The van der Waals surface area contributed by atoms with Crippen LogP contribution in [-0.4, -0.2) is 24.2 Å². The molecule has 0 amide bonds. The number of hydrogen-bond acceptors (Lipinski definition) is 4. The highest BCUT2D eigenvalue weighted by atomic mass is 32.2. The van der Waals surface area contributed by atoms with Crippen molar-refractivity contribution in [3.8, 4) is 0 Å². The van der Waals surface area contributed by atoms with Gasteiger partial charge in [0.1, 0.15) is 0 Å². The minimum Gasteiger partial charge on any atom is -0.399 e. The second-order valence-electron chi connectivity index (χ2n) is 6.63. The Balaban J connectivity index is 1.94. The molecule has 0 radical (unpaired) electrons. The average Bonchev–Trinajstić information content (AvgIpc) is 2.97. The molecule has 2 aliphatic rings. The predicted octanol–water partition coefficient (Wildman–Crippen LogP) is 3.28. The van der Waals surface area contributed by atoms with E-state index in [0.717, 1.165) is 11.3 Å². The lowest BCUT2D eigenvalue weighted by Gasteiger charge is -2.32. The zero-order valence-corrected chi connectivity index (χ0v) is 14.2. The average molecular weight is 303 g/mol. The van der Waals surface area contributed by atoms with Gasteiger partial charge in [0.05, 0.1) is 17.1 Å². The zero-order chi connectivity index (χ0) is 15.3. The summed E-state index contributed by atoms with van der Waals surface area (Å²) in [5, 5.41) is 2.13. The molecule has 2 aliphatic heterocycles. The molecule has 0 aliphatic carbocycles. The molecule has 0 N–H and O–H groups in total. The first-order valence-electron chi connectivity index (χ1n) is 7.32. The van der Waals surface area contributed by atoms with Crippen LogP contribution in [0.25, 0.3) is 0 Å². The second kappa shape index (κ2) is 5.08. The number of rotatable bonds is 2. The molecule has 2 heterocycles. The second-order valence-corrected chi connectivity index (χ2v) is 7.49. The summed E-state index contributed by atoms with van der Waals surface area (Å²) in [6.07, 6.45) is 2.13. The van der Waals surface area contributed by atoms with Gasteiger partial charge in [0.25, 0.3) is 0 Å². The molecule has 0 bridgehead atoms. The smallest absolute Gasteiger partial charge is 0.399 e. The van der Waals surface area contributed by atoms with E-state index in [1.54, 1.807) is 11.8 Å².